The highest BCUT2D eigenvalue weighted by Gasteiger charge is 2.30. The number of nitrogens with zero attached hydrogens (tertiary/aromatic N) is 3. The molecule has 0 spiro atoms. The van der Waals surface area contributed by atoms with Gasteiger partial charge in [-0.15, -0.1) is 0 Å². The normalized spacial score (nSPS) is 15.5. The summed E-state index contributed by atoms with van der Waals surface area (Å²) >= 11 is 0. The van der Waals surface area contributed by atoms with E-state index in [0.717, 1.165) is 19.3 Å². The van der Waals surface area contributed by atoms with Gasteiger partial charge in [-0.1, -0.05) is 30.7 Å². The number of rotatable bonds is 6. The van der Waals surface area contributed by atoms with Crippen LogP contribution >= 0.6 is 0 Å². The topological polar surface area (TPSA) is 81.5 Å². The lowest BCUT2D eigenvalue weighted by molar-refractivity contribution is 0.0383. The highest BCUT2D eigenvalue weighted by molar-refractivity contribution is 7.89. The van der Waals surface area contributed by atoms with E-state index in [0.29, 0.717) is 23.2 Å². The first-order valence-corrected chi connectivity index (χ1v) is 11.3. The van der Waals surface area contributed by atoms with Gasteiger partial charge < -0.3 is 4.74 Å². The van der Waals surface area contributed by atoms with E-state index < -0.39 is 29.1 Å². The van der Waals surface area contributed by atoms with Crippen LogP contribution in [0, 0.1) is 0 Å². The number of sulfonamides is 1. The number of ether oxygens (including phenoxy) is 1. The summed E-state index contributed by atoms with van der Waals surface area (Å²) in [6.07, 6.45) is 2.48. The molecule has 2 aromatic carbocycles. The number of carbonyl (C=O) groups excluding carboxylic acids is 1. The molecule has 2 heterocycles. The molecular formula is C21H21F2N3O4S. The van der Waals surface area contributed by atoms with E-state index in [9.17, 15) is 22.0 Å². The third-order valence-electron chi connectivity index (χ3n) is 5.24. The van der Waals surface area contributed by atoms with Gasteiger partial charge in [0.15, 0.2) is 5.82 Å². The molecule has 0 amide bonds. The number of imidazole rings is 1. The lowest BCUT2D eigenvalue weighted by Gasteiger charge is -2.26. The third kappa shape index (κ3) is 4.17. The van der Waals surface area contributed by atoms with Gasteiger partial charge in [0.1, 0.15) is 6.61 Å². The second kappa shape index (κ2) is 8.72. The van der Waals surface area contributed by atoms with Crippen LogP contribution in [0.4, 0.5) is 8.78 Å². The lowest BCUT2D eigenvalue weighted by Crippen LogP contribution is -2.36. The zero-order valence-electron chi connectivity index (χ0n) is 16.6. The molecule has 4 rings (SSSR count). The number of esters is 1. The largest absolute Gasteiger partial charge is 0.454 e. The van der Waals surface area contributed by atoms with E-state index in [1.807, 2.05) is 0 Å². The molecule has 1 fully saturated rings. The van der Waals surface area contributed by atoms with Gasteiger partial charge in [-0.25, -0.2) is 18.2 Å². The monoisotopic (exact) mass is 449 g/mol. The van der Waals surface area contributed by atoms with E-state index in [1.165, 1.54) is 34.6 Å². The predicted molar refractivity (Wildman–Crippen MR) is 109 cm³/mol. The number of alkyl halides is 2. The van der Waals surface area contributed by atoms with Gasteiger partial charge in [0.2, 0.25) is 10.0 Å². The quantitative estimate of drug-likeness (QED) is 0.532. The van der Waals surface area contributed by atoms with Crippen molar-refractivity contribution in [2.24, 2.45) is 0 Å². The van der Waals surface area contributed by atoms with E-state index in [2.05, 4.69) is 4.98 Å². The summed E-state index contributed by atoms with van der Waals surface area (Å²) in [5.41, 5.74) is 0.436. The van der Waals surface area contributed by atoms with Crippen molar-refractivity contribution in [1.29, 1.82) is 0 Å². The van der Waals surface area contributed by atoms with Crippen molar-refractivity contribution in [2.75, 3.05) is 13.1 Å². The van der Waals surface area contributed by atoms with Gasteiger partial charge in [0, 0.05) is 13.1 Å². The maximum atomic E-state index is 13.6. The minimum Gasteiger partial charge on any atom is -0.454 e. The molecule has 7 nitrogen and oxygen atoms in total. The molecule has 0 unspecified atom stereocenters. The average Bonchev–Trinajstić information content (AvgIpc) is 3.16. The van der Waals surface area contributed by atoms with Gasteiger partial charge in [0.05, 0.1) is 21.5 Å². The fraction of sp³-hybridized carbons (Fsp3) is 0.333. The number of hydrogen-bond donors (Lipinski definition) is 0. The molecule has 0 atom stereocenters. The van der Waals surface area contributed by atoms with Gasteiger partial charge in [-0.05, 0) is 37.1 Å². The number of benzene rings is 2. The van der Waals surface area contributed by atoms with Crippen LogP contribution < -0.4 is 0 Å². The summed E-state index contributed by atoms with van der Waals surface area (Å²) in [7, 11) is -3.87. The molecule has 0 aliphatic carbocycles. The molecule has 1 aromatic heterocycles. The summed E-state index contributed by atoms with van der Waals surface area (Å²) in [5.74, 6) is -1.04. The number of aromatic nitrogens is 2. The fourth-order valence-corrected chi connectivity index (χ4v) is 5.42. The SMILES string of the molecule is O=C(OCc1nc2ccccc2n1C(F)F)c1ccccc1S(=O)(=O)N1CCCCC1. The van der Waals surface area contributed by atoms with Crippen molar-refractivity contribution < 1.29 is 26.7 Å². The van der Waals surface area contributed by atoms with Crippen molar-refractivity contribution in [3.8, 4) is 0 Å². The standard InChI is InChI=1S/C21H21F2N3O4S/c22-21(23)26-17-10-4-3-9-16(17)24-19(26)14-30-20(27)15-8-2-5-11-18(15)31(28,29)25-12-6-1-7-13-25/h2-5,8-11,21H,1,6-7,12-14H2. The van der Waals surface area contributed by atoms with Crippen molar-refractivity contribution in [1.82, 2.24) is 13.9 Å². The Morgan fingerprint density at radius 1 is 1.03 bits per heavy atom. The molecule has 10 heteroatoms. The number of piperidine rings is 1. The maximum Gasteiger partial charge on any atom is 0.339 e. The first-order chi connectivity index (χ1) is 14.9. The Morgan fingerprint density at radius 2 is 1.71 bits per heavy atom. The summed E-state index contributed by atoms with van der Waals surface area (Å²) in [5, 5.41) is 0. The Bertz CT molecular complexity index is 1200. The first kappa shape index (κ1) is 21.4. The summed E-state index contributed by atoms with van der Waals surface area (Å²) < 4.78 is 60.5. The molecule has 1 saturated heterocycles. The number of para-hydroxylation sites is 2. The molecule has 0 saturated carbocycles. The fourth-order valence-electron chi connectivity index (χ4n) is 3.73. The molecule has 1 aliphatic heterocycles. The molecule has 0 N–H and O–H groups in total. The molecule has 0 radical (unpaired) electrons. The van der Waals surface area contributed by atoms with Gasteiger partial charge >= 0.3 is 12.5 Å². The molecule has 0 bridgehead atoms. The van der Waals surface area contributed by atoms with Gasteiger partial charge in [0.25, 0.3) is 0 Å². The first-order valence-electron chi connectivity index (χ1n) is 9.90. The zero-order valence-corrected chi connectivity index (χ0v) is 17.4. The number of halogens is 2. The Hall–Kier alpha value is -2.85. The van der Waals surface area contributed by atoms with E-state index >= 15 is 0 Å². The van der Waals surface area contributed by atoms with Crippen LogP contribution in [0.15, 0.2) is 53.4 Å². The highest BCUT2D eigenvalue weighted by Crippen LogP contribution is 2.26. The smallest absolute Gasteiger partial charge is 0.339 e. The average molecular weight is 449 g/mol. The molecule has 164 valence electrons. The summed E-state index contributed by atoms with van der Waals surface area (Å²) in [4.78, 5) is 16.7. The number of fused-ring (bicyclic) bond motifs is 1. The minimum atomic E-state index is -3.87. The van der Waals surface area contributed by atoms with Crippen molar-refractivity contribution in [3.63, 3.8) is 0 Å². The highest BCUT2D eigenvalue weighted by atomic mass is 32.2. The maximum absolute atomic E-state index is 13.6. The second-order valence-electron chi connectivity index (χ2n) is 7.20. The van der Waals surface area contributed by atoms with Crippen molar-refractivity contribution in [2.45, 2.75) is 37.3 Å². The van der Waals surface area contributed by atoms with Crippen LogP contribution in [-0.4, -0.2) is 41.3 Å². The summed E-state index contributed by atoms with van der Waals surface area (Å²) in [6, 6.07) is 12.1. The predicted octanol–water partition coefficient (Wildman–Crippen LogP) is 3.96. The zero-order chi connectivity index (χ0) is 22.0. The molecular weight excluding hydrogens is 428 g/mol. The van der Waals surface area contributed by atoms with Crippen LogP contribution in [0.2, 0.25) is 0 Å². The van der Waals surface area contributed by atoms with E-state index in [4.69, 9.17) is 4.74 Å². The Kier molecular flexibility index (Phi) is 6.01. The summed E-state index contributed by atoms with van der Waals surface area (Å²) in [6.45, 7) is -2.60. The third-order valence-corrected chi connectivity index (χ3v) is 7.19. The van der Waals surface area contributed by atoms with Crippen LogP contribution in [-0.2, 0) is 21.4 Å². The lowest BCUT2D eigenvalue weighted by atomic mass is 10.2. The minimum absolute atomic E-state index is 0.124. The Balaban J connectivity index is 1.60. The molecule has 1 aliphatic rings. The second-order valence-corrected chi connectivity index (χ2v) is 9.11. The van der Waals surface area contributed by atoms with Crippen LogP contribution in [0.1, 0.15) is 42.0 Å². The molecule has 31 heavy (non-hydrogen) atoms. The Labute approximate surface area is 178 Å². The van der Waals surface area contributed by atoms with E-state index in [1.54, 1.807) is 18.2 Å². The number of hydrogen-bond acceptors (Lipinski definition) is 5. The van der Waals surface area contributed by atoms with E-state index in [-0.39, 0.29) is 21.8 Å². The molecule has 3 aromatic rings. The van der Waals surface area contributed by atoms with Gasteiger partial charge in [-0.3, -0.25) is 4.57 Å². The van der Waals surface area contributed by atoms with Crippen LogP contribution in [0.5, 0.6) is 0 Å². The van der Waals surface area contributed by atoms with Crippen LogP contribution in [0.3, 0.4) is 0 Å². The van der Waals surface area contributed by atoms with Gasteiger partial charge in [-0.2, -0.15) is 13.1 Å². The Morgan fingerprint density at radius 3 is 2.45 bits per heavy atom. The number of carbonyl (C=O) groups is 1. The van der Waals surface area contributed by atoms with Crippen molar-refractivity contribution in [3.05, 3.63) is 59.9 Å². The van der Waals surface area contributed by atoms with Crippen LogP contribution in [0.25, 0.3) is 11.0 Å². The van der Waals surface area contributed by atoms with Crippen molar-refractivity contribution >= 4 is 27.0 Å².